The molecule has 7 heteroatoms. The standard InChI is InChI=1S/C6H12O3.C5H8O2.C3H6O2/c1-4-7-5(2)9-6(3)8-4;1-3-5(7)4(2)6;1-3(5)2-4/h4-6H,1-3H3;3H2,1-2H3;4H,2H2,1H3. The fraction of sp³-hybridized carbons (Fsp3) is 0.786. The molecule has 1 saturated heterocycles. The van der Waals surface area contributed by atoms with Gasteiger partial charge in [-0.15, -0.1) is 0 Å². The number of carbonyl (C=O) groups excluding carboxylic acids is 3. The van der Waals surface area contributed by atoms with Gasteiger partial charge in [0.25, 0.3) is 0 Å². The Balaban J connectivity index is 0. The lowest BCUT2D eigenvalue weighted by atomic mass is 10.2. The van der Waals surface area contributed by atoms with Gasteiger partial charge in [-0.25, -0.2) is 0 Å². The number of rotatable bonds is 3. The van der Waals surface area contributed by atoms with Crippen molar-refractivity contribution in [3.63, 3.8) is 0 Å². The largest absolute Gasteiger partial charge is 0.389 e. The van der Waals surface area contributed by atoms with Gasteiger partial charge in [0.2, 0.25) is 0 Å². The molecule has 124 valence electrons. The van der Waals surface area contributed by atoms with E-state index in [9.17, 15) is 14.4 Å². The topological polar surface area (TPSA) is 99.1 Å². The molecule has 21 heavy (non-hydrogen) atoms. The molecule has 1 N–H and O–H groups in total. The summed E-state index contributed by atoms with van der Waals surface area (Å²) in [5, 5.41) is 7.79. The number of Topliss-reactive ketones (excluding diaryl/α,β-unsaturated/α-hetero) is 3. The number of aliphatic hydroxyl groups excluding tert-OH is 1. The van der Waals surface area contributed by atoms with E-state index in [0.717, 1.165) is 0 Å². The lowest BCUT2D eigenvalue weighted by Crippen LogP contribution is -2.35. The van der Waals surface area contributed by atoms with Gasteiger partial charge in [-0.2, -0.15) is 0 Å². The van der Waals surface area contributed by atoms with E-state index in [1.165, 1.54) is 13.8 Å². The van der Waals surface area contributed by atoms with Crippen molar-refractivity contribution in [3.8, 4) is 0 Å². The monoisotopic (exact) mass is 306 g/mol. The van der Waals surface area contributed by atoms with Crippen LogP contribution >= 0.6 is 0 Å². The van der Waals surface area contributed by atoms with E-state index in [1.807, 2.05) is 20.8 Å². The predicted octanol–water partition coefficient (Wildman–Crippen LogP) is 1.21. The second-order valence-corrected chi connectivity index (χ2v) is 4.30. The fourth-order valence-electron chi connectivity index (χ4n) is 1.15. The highest BCUT2D eigenvalue weighted by molar-refractivity contribution is 6.36. The van der Waals surface area contributed by atoms with Crippen molar-refractivity contribution in [2.24, 2.45) is 0 Å². The zero-order chi connectivity index (χ0) is 17.0. The van der Waals surface area contributed by atoms with Gasteiger partial charge in [-0.1, -0.05) is 6.92 Å². The molecular weight excluding hydrogens is 280 g/mol. The minimum atomic E-state index is -0.345. The first kappa shape index (κ1) is 22.1. The van der Waals surface area contributed by atoms with Gasteiger partial charge in [0.1, 0.15) is 6.61 Å². The minimum Gasteiger partial charge on any atom is -0.389 e. The SMILES string of the molecule is CC(=O)CO.CC1OC(C)OC(C)O1.CCC(=O)C(C)=O. The van der Waals surface area contributed by atoms with Crippen molar-refractivity contribution in [2.75, 3.05) is 6.61 Å². The van der Waals surface area contributed by atoms with Gasteiger partial charge < -0.3 is 19.3 Å². The Hall–Kier alpha value is -1.15. The molecule has 0 aromatic rings. The number of hydrogen-bond donors (Lipinski definition) is 1. The molecule has 0 saturated carbocycles. The van der Waals surface area contributed by atoms with Crippen LogP contribution in [-0.4, -0.2) is 47.9 Å². The van der Waals surface area contributed by atoms with Gasteiger partial charge in [0.05, 0.1) is 0 Å². The summed E-state index contributed by atoms with van der Waals surface area (Å²) in [6.07, 6.45) is -0.0775. The van der Waals surface area contributed by atoms with Crippen molar-refractivity contribution in [1.29, 1.82) is 0 Å². The van der Waals surface area contributed by atoms with Crippen LogP contribution in [0.1, 0.15) is 48.0 Å². The third kappa shape index (κ3) is 15.1. The summed E-state index contributed by atoms with van der Waals surface area (Å²) in [7, 11) is 0. The Morgan fingerprint density at radius 2 is 1.19 bits per heavy atom. The fourth-order valence-corrected chi connectivity index (χ4v) is 1.15. The molecule has 0 spiro atoms. The maximum absolute atomic E-state index is 10.2. The third-order valence-corrected chi connectivity index (χ3v) is 2.09. The Morgan fingerprint density at radius 3 is 1.29 bits per heavy atom. The highest BCUT2D eigenvalue weighted by Gasteiger charge is 2.20. The first-order chi connectivity index (χ1) is 9.63. The summed E-state index contributed by atoms with van der Waals surface area (Å²) >= 11 is 0. The molecule has 0 unspecified atom stereocenters. The van der Waals surface area contributed by atoms with Gasteiger partial charge in [-0.3, -0.25) is 14.4 Å². The Bertz CT molecular complexity index is 302. The molecular formula is C14H26O7. The molecule has 1 fully saturated rings. The van der Waals surface area contributed by atoms with Crippen LogP contribution in [-0.2, 0) is 28.6 Å². The zero-order valence-corrected chi connectivity index (χ0v) is 13.5. The van der Waals surface area contributed by atoms with E-state index >= 15 is 0 Å². The zero-order valence-electron chi connectivity index (χ0n) is 13.5. The maximum atomic E-state index is 10.2. The highest BCUT2D eigenvalue weighted by Crippen LogP contribution is 2.13. The van der Waals surface area contributed by atoms with E-state index in [0.29, 0.717) is 6.42 Å². The molecule has 0 atom stereocenters. The molecule has 0 bridgehead atoms. The van der Waals surface area contributed by atoms with E-state index in [4.69, 9.17) is 19.3 Å². The number of ether oxygens (including phenoxy) is 3. The molecule has 1 aliphatic rings. The normalized spacial score (nSPS) is 23.9. The van der Waals surface area contributed by atoms with Crippen molar-refractivity contribution in [1.82, 2.24) is 0 Å². The number of ketones is 3. The summed E-state index contributed by atoms with van der Waals surface area (Å²) < 4.78 is 15.3. The number of aliphatic hydroxyl groups is 1. The summed E-state index contributed by atoms with van der Waals surface area (Å²) in [5.74, 6) is -0.826. The van der Waals surface area contributed by atoms with E-state index in [2.05, 4.69) is 0 Å². The van der Waals surface area contributed by atoms with Crippen LogP contribution in [0.5, 0.6) is 0 Å². The van der Waals surface area contributed by atoms with E-state index in [-0.39, 0.29) is 42.8 Å². The van der Waals surface area contributed by atoms with Crippen molar-refractivity contribution < 1.29 is 33.7 Å². The third-order valence-electron chi connectivity index (χ3n) is 2.09. The van der Waals surface area contributed by atoms with Crippen molar-refractivity contribution >= 4 is 17.3 Å². The van der Waals surface area contributed by atoms with Crippen LogP contribution in [0, 0.1) is 0 Å². The molecule has 1 heterocycles. The first-order valence-corrected chi connectivity index (χ1v) is 6.74. The van der Waals surface area contributed by atoms with Crippen LogP contribution in [0.4, 0.5) is 0 Å². The summed E-state index contributed by atoms with van der Waals surface area (Å²) in [5.41, 5.74) is 0. The molecule has 1 aliphatic heterocycles. The molecule has 0 aliphatic carbocycles. The summed E-state index contributed by atoms with van der Waals surface area (Å²) in [6.45, 7) is 9.52. The van der Waals surface area contributed by atoms with Gasteiger partial charge in [0, 0.05) is 13.3 Å². The van der Waals surface area contributed by atoms with Gasteiger partial charge in [-0.05, 0) is 27.7 Å². The Labute approximate surface area is 125 Å². The number of carbonyl (C=O) groups is 3. The Kier molecular flexibility index (Phi) is 13.3. The van der Waals surface area contributed by atoms with E-state index < -0.39 is 0 Å². The second kappa shape index (κ2) is 12.6. The summed E-state index contributed by atoms with van der Waals surface area (Å²) in [4.78, 5) is 29.7. The van der Waals surface area contributed by atoms with Crippen molar-refractivity contribution in [2.45, 2.75) is 66.8 Å². The molecule has 0 amide bonds. The van der Waals surface area contributed by atoms with E-state index in [1.54, 1.807) is 6.92 Å². The van der Waals surface area contributed by atoms with Gasteiger partial charge in [0.15, 0.2) is 36.2 Å². The molecule has 0 radical (unpaired) electrons. The van der Waals surface area contributed by atoms with Gasteiger partial charge >= 0.3 is 0 Å². The average molecular weight is 306 g/mol. The molecule has 1 rings (SSSR count). The lowest BCUT2D eigenvalue weighted by molar-refractivity contribution is -0.367. The number of hydrogen-bond acceptors (Lipinski definition) is 7. The molecule has 7 nitrogen and oxygen atoms in total. The molecule has 0 aromatic carbocycles. The van der Waals surface area contributed by atoms with Crippen LogP contribution in [0.15, 0.2) is 0 Å². The highest BCUT2D eigenvalue weighted by atomic mass is 16.9. The molecule has 0 aromatic heterocycles. The first-order valence-electron chi connectivity index (χ1n) is 6.74. The van der Waals surface area contributed by atoms with Crippen molar-refractivity contribution in [3.05, 3.63) is 0 Å². The van der Waals surface area contributed by atoms with Crippen LogP contribution in [0.3, 0.4) is 0 Å². The van der Waals surface area contributed by atoms with Crippen LogP contribution < -0.4 is 0 Å². The predicted molar refractivity (Wildman–Crippen MR) is 75.4 cm³/mol. The van der Waals surface area contributed by atoms with Crippen LogP contribution in [0.2, 0.25) is 0 Å². The quantitative estimate of drug-likeness (QED) is 0.782. The minimum absolute atomic E-state index is 0.135. The maximum Gasteiger partial charge on any atom is 0.197 e. The smallest absolute Gasteiger partial charge is 0.197 e. The lowest BCUT2D eigenvalue weighted by Gasteiger charge is -2.30. The van der Waals surface area contributed by atoms with Crippen LogP contribution in [0.25, 0.3) is 0 Å². The second-order valence-electron chi connectivity index (χ2n) is 4.30. The Morgan fingerprint density at radius 1 is 0.905 bits per heavy atom. The average Bonchev–Trinajstić information content (AvgIpc) is 2.37. The summed E-state index contributed by atoms with van der Waals surface area (Å²) in [6, 6.07) is 0.